The predicted octanol–water partition coefficient (Wildman–Crippen LogP) is 4.30. The van der Waals surface area contributed by atoms with Gasteiger partial charge in [-0.25, -0.2) is 8.78 Å². The predicted molar refractivity (Wildman–Crippen MR) is 75.4 cm³/mol. The van der Waals surface area contributed by atoms with E-state index in [2.05, 4.69) is 33.0 Å². The molecule has 1 saturated carbocycles. The molecule has 1 aromatic carbocycles. The van der Waals surface area contributed by atoms with Crippen LogP contribution in [0.25, 0.3) is 0 Å². The van der Waals surface area contributed by atoms with Gasteiger partial charge in [0.2, 0.25) is 0 Å². The average molecular weight is 268 g/mol. The molecule has 19 heavy (non-hydrogen) atoms. The fourth-order valence-corrected chi connectivity index (χ4v) is 2.98. The van der Waals surface area contributed by atoms with Crippen LogP contribution in [0, 0.1) is 16.7 Å². The van der Waals surface area contributed by atoms with Gasteiger partial charge in [-0.05, 0) is 34.9 Å². The van der Waals surface area contributed by atoms with Gasteiger partial charge in [-0.15, -0.1) is 0 Å². The molecule has 0 aliphatic heterocycles. The van der Waals surface area contributed by atoms with Crippen molar-refractivity contribution >= 4 is 11.4 Å². The second-order valence-electron chi connectivity index (χ2n) is 6.52. The topological polar surface area (TPSA) is 38.0 Å². The van der Waals surface area contributed by atoms with Gasteiger partial charge in [0, 0.05) is 23.5 Å². The molecular formula is C15H22F2N2. The Morgan fingerprint density at radius 2 is 1.79 bits per heavy atom. The van der Waals surface area contributed by atoms with Crippen LogP contribution in [-0.4, -0.2) is 6.54 Å². The number of alkyl halides is 2. The summed E-state index contributed by atoms with van der Waals surface area (Å²) in [7, 11) is 0. The zero-order valence-corrected chi connectivity index (χ0v) is 11.9. The minimum Gasteiger partial charge on any atom is -0.399 e. The molecule has 3 N–H and O–H groups in total. The smallest absolute Gasteiger partial charge is 0.265 e. The second-order valence-corrected chi connectivity index (χ2v) is 6.52. The second kappa shape index (κ2) is 4.36. The molecule has 0 saturated heterocycles. The molecule has 1 fully saturated rings. The molecule has 106 valence electrons. The van der Waals surface area contributed by atoms with Crippen LogP contribution in [0.1, 0.15) is 39.7 Å². The molecule has 0 amide bonds. The van der Waals surface area contributed by atoms with E-state index in [0.29, 0.717) is 23.8 Å². The monoisotopic (exact) mass is 268 g/mol. The molecule has 0 unspecified atom stereocenters. The highest BCUT2D eigenvalue weighted by Crippen LogP contribution is 2.68. The normalized spacial score (nSPS) is 20.6. The summed E-state index contributed by atoms with van der Waals surface area (Å²) in [5, 5.41) is 3.16. The van der Waals surface area contributed by atoms with E-state index in [-0.39, 0.29) is 16.4 Å². The number of nitrogens with two attached hydrogens (primary N) is 1. The van der Waals surface area contributed by atoms with E-state index in [1.807, 2.05) is 0 Å². The van der Waals surface area contributed by atoms with E-state index in [1.54, 1.807) is 12.1 Å². The number of nitrogens with one attached hydrogen (secondary N) is 1. The van der Waals surface area contributed by atoms with Crippen LogP contribution in [-0.2, 0) is 0 Å². The van der Waals surface area contributed by atoms with Crippen LogP contribution in [0.4, 0.5) is 20.2 Å². The molecule has 2 nitrogen and oxygen atoms in total. The third-order valence-corrected chi connectivity index (χ3v) is 5.13. The van der Waals surface area contributed by atoms with Gasteiger partial charge in [0.05, 0.1) is 0 Å². The van der Waals surface area contributed by atoms with Crippen molar-refractivity contribution in [3.05, 3.63) is 23.8 Å². The van der Waals surface area contributed by atoms with Crippen molar-refractivity contribution in [2.75, 3.05) is 17.6 Å². The lowest BCUT2D eigenvalue weighted by atomic mass is 10.0. The summed E-state index contributed by atoms with van der Waals surface area (Å²) in [6.45, 7) is 9.59. The molecule has 2 rings (SSSR count). The zero-order chi connectivity index (χ0) is 14.4. The van der Waals surface area contributed by atoms with Crippen LogP contribution in [0.5, 0.6) is 0 Å². The van der Waals surface area contributed by atoms with Crippen molar-refractivity contribution in [3.8, 4) is 0 Å². The van der Waals surface area contributed by atoms with E-state index in [0.717, 1.165) is 0 Å². The summed E-state index contributed by atoms with van der Waals surface area (Å²) >= 11 is 0. The minimum atomic E-state index is -2.51. The first-order valence-electron chi connectivity index (χ1n) is 6.59. The van der Waals surface area contributed by atoms with E-state index < -0.39 is 6.43 Å². The maximum atomic E-state index is 13.0. The minimum absolute atomic E-state index is 0.0173. The van der Waals surface area contributed by atoms with Gasteiger partial charge < -0.3 is 11.1 Å². The Kier molecular flexibility index (Phi) is 3.23. The molecule has 0 aromatic heterocycles. The number of rotatable bonds is 4. The average Bonchev–Trinajstić information content (AvgIpc) is 2.68. The van der Waals surface area contributed by atoms with Crippen molar-refractivity contribution < 1.29 is 8.78 Å². The lowest BCUT2D eigenvalue weighted by molar-refractivity contribution is 0.152. The fraction of sp³-hybridized carbons (Fsp3) is 0.600. The molecule has 0 atom stereocenters. The Bertz CT molecular complexity index is 467. The first kappa shape index (κ1) is 14.1. The highest BCUT2D eigenvalue weighted by Gasteiger charge is 2.64. The lowest BCUT2D eigenvalue weighted by Gasteiger charge is -2.13. The summed E-state index contributed by atoms with van der Waals surface area (Å²) in [5.74, 6) is 0.489. The highest BCUT2D eigenvalue weighted by molar-refractivity contribution is 5.58. The number of anilines is 2. The largest absolute Gasteiger partial charge is 0.399 e. The Labute approximate surface area is 113 Å². The molecule has 0 bridgehead atoms. The third-order valence-electron chi connectivity index (χ3n) is 5.13. The van der Waals surface area contributed by atoms with E-state index in [4.69, 9.17) is 5.73 Å². The Hall–Kier alpha value is -1.32. The Balaban J connectivity index is 2.09. The van der Waals surface area contributed by atoms with Gasteiger partial charge in [-0.2, -0.15) is 0 Å². The maximum Gasteiger partial charge on any atom is 0.265 e. The summed E-state index contributed by atoms with van der Waals surface area (Å²) in [4.78, 5) is 0. The van der Waals surface area contributed by atoms with Crippen molar-refractivity contribution in [1.82, 2.24) is 0 Å². The van der Waals surface area contributed by atoms with Crippen LogP contribution in [0.3, 0.4) is 0 Å². The fourth-order valence-electron chi connectivity index (χ4n) is 2.98. The molecule has 4 heteroatoms. The van der Waals surface area contributed by atoms with Crippen molar-refractivity contribution in [2.45, 2.75) is 34.1 Å². The lowest BCUT2D eigenvalue weighted by Crippen LogP contribution is -2.10. The molecule has 0 heterocycles. The van der Waals surface area contributed by atoms with Gasteiger partial charge in [0.1, 0.15) is 0 Å². The number of benzene rings is 1. The van der Waals surface area contributed by atoms with E-state index in [1.165, 1.54) is 6.07 Å². The van der Waals surface area contributed by atoms with Crippen LogP contribution < -0.4 is 11.1 Å². The zero-order valence-electron chi connectivity index (χ0n) is 11.9. The molecule has 1 aliphatic carbocycles. The SMILES string of the molecule is CC1(C)C(CNc2ccc(N)cc2C(F)F)C1(C)C. The number of hydrogen-bond donors (Lipinski definition) is 2. The standard InChI is InChI=1S/C15H22F2N2/c1-14(2)12(15(14,3)4)8-19-11-6-5-9(18)7-10(11)13(16)17/h5-7,12-13,19H,8,18H2,1-4H3. The first-order chi connectivity index (χ1) is 8.68. The van der Waals surface area contributed by atoms with Crippen LogP contribution in [0.2, 0.25) is 0 Å². The highest BCUT2D eigenvalue weighted by atomic mass is 19.3. The number of halogens is 2. The van der Waals surface area contributed by atoms with Gasteiger partial charge in [0.25, 0.3) is 6.43 Å². The first-order valence-corrected chi connectivity index (χ1v) is 6.59. The van der Waals surface area contributed by atoms with Crippen LogP contribution >= 0.6 is 0 Å². The Morgan fingerprint density at radius 3 is 2.26 bits per heavy atom. The van der Waals surface area contributed by atoms with E-state index >= 15 is 0 Å². The molecular weight excluding hydrogens is 246 g/mol. The van der Waals surface area contributed by atoms with Crippen molar-refractivity contribution in [3.63, 3.8) is 0 Å². The molecule has 1 aromatic rings. The Morgan fingerprint density at radius 1 is 1.21 bits per heavy atom. The molecule has 0 radical (unpaired) electrons. The third kappa shape index (κ3) is 2.28. The number of hydrogen-bond acceptors (Lipinski definition) is 2. The van der Waals surface area contributed by atoms with Crippen molar-refractivity contribution in [1.29, 1.82) is 0 Å². The molecule has 0 spiro atoms. The van der Waals surface area contributed by atoms with Gasteiger partial charge in [-0.3, -0.25) is 0 Å². The maximum absolute atomic E-state index is 13.0. The number of nitrogen functional groups attached to an aromatic ring is 1. The van der Waals surface area contributed by atoms with Crippen LogP contribution in [0.15, 0.2) is 18.2 Å². The van der Waals surface area contributed by atoms with Gasteiger partial charge >= 0.3 is 0 Å². The quantitative estimate of drug-likeness (QED) is 0.799. The van der Waals surface area contributed by atoms with E-state index in [9.17, 15) is 8.78 Å². The summed E-state index contributed by atoms with van der Waals surface area (Å²) < 4.78 is 25.9. The van der Waals surface area contributed by atoms with Gasteiger partial charge in [0.15, 0.2) is 0 Å². The summed E-state index contributed by atoms with van der Waals surface area (Å²) in [6.07, 6.45) is -2.51. The molecule has 1 aliphatic rings. The van der Waals surface area contributed by atoms with Gasteiger partial charge in [-0.1, -0.05) is 27.7 Å². The van der Waals surface area contributed by atoms with Crippen molar-refractivity contribution in [2.24, 2.45) is 16.7 Å². The summed E-state index contributed by atoms with van der Waals surface area (Å²) in [5.41, 5.74) is 6.90. The summed E-state index contributed by atoms with van der Waals surface area (Å²) in [6, 6.07) is 4.63.